The van der Waals surface area contributed by atoms with Crippen LogP contribution in [0.4, 0.5) is 4.39 Å². The van der Waals surface area contributed by atoms with E-state index in [0.29, 0.717) is 22.5 Å². The Morgan fingerprint density at radius 1 is 1.26 bits per heavy atom. The lowest BCUT2D eigenvalue weighted by Crippen LogP contribution is -2.06. The predicted molar refractivity (Wildman–Crippen MR) is 78.4 cm³/mol. The summed E-state index contributed by atoms with van der Waals surface area (Å²) in [6.45, 7) is 0.671. The molecule has 0 spiro atoms. The number of hydrogen-bond donors (Lipinski definition) is 1. The second-order valence-corrected chi connectivity index (χ2v) is 5.20. The van der Waals surface area contributed by atoms with Gasteiger partial charge in [0.2, 0.25) is 0 Å². The minimum atomic E-state index is -0.508. The molecule has 5 heteroatoms. The van der Waals surface area contributed by atoms with Crippen LogP contribution in [-0.4, -0.2) is 7.05 Å². The second-order valence-electron chi connectivity index (χ2n) is 3.94. The Bertz CT molecular complexity index is 592. The van der Waals surface area contributed by atoms with Gasteiger partial charge in [0.1, 0.15) is 17.3 Å². The van der Waals surface area contributed by atoms with Crippen molar-refractivity contribution in [1.29, 1.82) is 0 Å². The van der Waals surface area contributed by atoms with Gasteiger partial charge in [-0.05, 0) is 35.1 Å². The molecule has 2 nitrogen and oxygen atoms in total. The molecular formula is C14H12BrClFNO. The highest BCUT2D eigenvalue weighted by Gasteiger charge is 2.10. The fraction of sp³-hybridized carbons (Fsp3) is 0.143. The van der Waals surface area contributed by atoms with Crippen molar-refractivity contribution in [2.75, 3.05) is 7.05 Å². The topological polar surface area (TPSA) is 21.3 Å². The van der Waals surface area contributed by atoms with Crippen molar-refractivity contribution in [2.45, 2.75) is 6.54 Å². The maximum atomic E-state index is 13.5. The maximum Gasteiger partial charge on any atom is 0.145 e. The van der Waals surface area contributed by atoms with Gasteiger partial charge in [-0.3, -0.25) is 0 Å². The summed E-state index contributed by atoms with van der Waals surface area (Å²) >= 11 is 9.01. The van der Waals surface area contributed by atoms with Gasteiger partial charge in [0.25, 0.3) is 0 Å². The van der Waals surface area contributed by atoms with E-state index < -0.39 is 5.82 Å². The first-order valence-electron chi connectivity index (χ1n) is 5.66. The number of hydrogen-bond acceptors (Lipinski definition) is 2. The molecule has 0 amide bonds. The fourth-order valence-corrected chi connectivity index (χ4v) is 2.36. The summed E-state index contributed by atoms with van der Waals surface area (Å²) in [7, 11) is 1.86. The van der Waals surface area contributed by atoms with Crippen LogP contribution in [0.3, 0.4) is 0 Å². The van der Waals surface area contributed by atoms with Crippen LogP contribution >= 0.6 is 27.5 Å². The van der Waals surface area contributed by atoms with E-state index in [1.54, 1.807) is 0 Å². The molecule has 2 aromatic carbocycles. The van der Waals surface area contributed by atoms with E-state index in [-0.39, 0.29) is 5.02 Å². The molecule has 19 heavy (non-hydrogen) atoms. The molecule has 0 radical (unpaired) electrons. The van der Waals surface area contributed by atoms with Gasteiger partial charge in [-0.1, -0.05) is 29.8 Å². The fourth-order valence-electron chi connectivity index (χ4n) is 1.64. The van der Waals surface area contributed by atoms with Crippen LogP contribution < -0.4 is 10.1 Å². The average molecular weight is 345 g/mol. The Balaban J connectivity index is 2.33. The number of rotatable bonds is 4. The lowest BCUT2D eigenvalue weighted by molar-refractivity contribution is 0.466. The van der Waals surface area contributed by atoms with Gasteiger partial charge in [-0.15, -0.1) is 0 Å². The van der Waals surface area contributed by atoms with Gasteiger partial charge >= 0.3 is 0 Å². The van der Waals surface area contributed by atoms with Gasteiger partial charge in [0.05, 0.1) is 9.50 Å². The van der Waals surface area contributed by atoms with Crippen LogP contribution in [0.1, 0.15) is 5.56 Å². The molecule has 0 bridgehead atoms. The third-order valence-corrected chi connectivity index (χ3v) is 3.44. The zero-order valence-electron chi connectivity index (χ0n) is 10.2. The summed E-state index contributed by atoms with van der Waals surface area (Å²) in [5.41, 5.74) is 0.993. The first-order chi connectivity index (χ1) is 9.11. The Morgan fingerprint density at radius 3 is 2.74 bits per heavy atom. The van der Waals surface area contributed by atoms with E-state index in [4.69, 9.17) is 16.3 Å². The average Bonchev–Trinajstić information content (AvgIpc) is 2.38. The van der Waals surface area contributed by atoms with Crippen LogP contribution in [0.25, 0.3) is 0 Å². The molecule has 1 N–H and O–H groups in total. The van der Waals surface area contributed by atoms with Gasteiger partial charge in [0, 0.05) is 18.2 Å². The van der Waals surface area contributed by atoms with E-state index in [0.717, 1.165) is 5.56 Å². The molecule has 0 aliphatic heterocycles. The molecule has 2 aromatic rings. The highest BCUT2D eigenvalue weighted by molar-refractivity contribution is 9.10. The summed E-state index contributed by atoms with van der Waals surface area (Å²) in [5, 5.41) is 3.12. The Morgan fingerprint density at radius 2 is 2.00 bits per heavy atom. The summed E-state index contributed by atoms with van der Waals surface area (Å²) in [4.78, 5) is 0. The maximum absolute atomic E-state index is 13.5. The van der Waals surface area contributed by atoms with Crippen molar-refractivity contribution in [1.82, 2.24) is 5.32 Å². The monoisotopic (exact) mass is 343 g/mol. The number of nitrogens with one attached hydrogen (secondary N) is 1. The highest BCUT2D eigenvalue weighted by Crippen LogP contribution is 2.34. The molecule has 100 valence electrons. The molecule has 0 fully saturated rings. The van der Waals surface area contributed by atoms with Crippen molar-refractivity contribution >= 4 is 27.5 Å². The van der Waals surface area contributed by atoms with Crippen LogP contribution in [0, 0.1) is 5.82 Å². The lowest BCUT2D eigenvalue weighted by Gasteiger charge is -2.12. The minimum Gasteiger partial charge on any atom is -0.456 e. The molecule has 0 aliphatic rings. The minimum absolute atomic E-state index is 0.0581. The predicted octanol–water partition coefficient (Wildman–Crippen LogP) is 4.75. The van der Waals surface area contributed by atoms with Crippen LogP contribution in [-0.2, 0) is 6.54 Å². The van der Waals surface area contributed by atoms with Crippen molar-refractivity contribution in [2.24, 2.45) is 0 Å². The molecule has 0 saturated carbocycles. The van der Waals surface area contributed by atoms with Gasteiger partial charge < -0.3 is 10.1 Å². The van der Waals surface area contributed by atoms with E-state index in [9.17, 15) is 4.39 Å². The summed E-state index contributed by atoms with van der Waals surface area (Å²) in [6, 6.07) is 10.3. The normalized spacial score (nSPS) is 10.5. The zero-order chi connectivity index (χ0) is 13.8. The first-order valence-corrected chi connectivity index (χ1v) is 6.84. The van der Waals surface area contributed by atoms with Gasteiger partial charge in [-0.2, -0.15) is 0 Å². The van der Waals surface area contributed by atoms with E-state index in [1.165, 1.54) is 12.1 Å². The zero-order valence-corrected chi connectivity index (χ0v) is 12.6. The SMILES string of the molecule is CNCc1ccccc1Oc1cc(F)c(Cl)cc1Br. The summed E-state index contributed by atoms with van der Waals surface area (Å²) in [6.07, 6.45) is 0. The largest absolute Gasteiger partial charge is 0.456 e. The Hall–Kier alpha value is -1.10. The molecule has 2 rings (SSSR count). The van der Waals surface area contributed by atoms with E-state index in [2.05, 4.69) is 21.2 Å². The number of ether oxygens (including phenoxy) is 1. The summed E-state index contributed by atoms with van der Waals surface area (Å²) in [5.74, 6) is 0.565. The molecule has 0 saturated heterocycles. The highest BCUT2D eigenvalue weighted by atomic mass is 79.9. The van der Waals surface area contributed by atoms with Gasteiger partial charge in [0.15, 0.2) is 0 Å². The molecule has 0 atom stereocenters. The standard InChI is InChI=1S/C14H12BrClFNO/c1-18-8-9-4-2-3-5-13(9)19-14-7-12(17)11(16)6-10(14)15/h2-7,18H,8H2,1H3. The van der Waals surface area contributed by atoms with Gasteiger partial charge in [-0.25, -0.2) is 4.39 Å². The summed E-state index contributed by atoms with van der Waals surface area (Å²) < 4.78 is 19.8. The number of para-hydroxylation sites is 1. The molecule has 0 aliphatic carbocycles. The molecule has 0 aromatic heterocycles. The number of benzene rings is 2. The van der Waals surface area contributed by atoms with Crippen molar-refractivity contribution in [3.05, 3.63) is 57.3 Å². The molecule has 0 unspecified atom stereocenters. The van der Waals surface area contributed by atoms with Crippen LogP contribution in [0.15, 0.2) is 40.9 Å². The molecule has 0 heterocycles. The third kappa shape index (κ3) is 3.47. The Kier molecular flexibility index (Phi) is 4.80. The van der Waals surface area contributed by atoms with Crippen LogP contribution in [0.5, 0.6) is 11.5 Å². The first kappa shape index (κ1) is 14.3. The smallest absolute Gasteiger partial charge is 0.145 e. The lowest BCUT2D eigenvalue weighted by atomic mass is 10.2. The number of halogens is 3. The van der Waals surface area contributed by atoms with Crippen molar-refractivity contribution in [3.8, 4) is 11.5 Å². The quantitative estimate of drug-likeness (QED) is 0.808. The van der Waals surface area contributed by atoms with Crippen molar-refractivity contribution < 1.29 is 9.13 Å². The third-order valence-electron chi connectivity index (χ3n) is 2.53. The Labute approximate surface area is 124 Å². The van der Waals surface area contributed by atoms with E-state index in [1.807, 2.05) is 31.3 Å². The second kappa shape index (κ2) is 6.37. The molecular weight excluding hydrogens is 333 g/mol. The van der Waals surface area contributed by atoms with E-state index >= 15 is 0 Å². The van der Waals surface area contributed by atoms with Crippen molar-refractivity contribution in [3.63, 3.8) is 0 Å². The van der Waals surface area contributed by atoms with Crippen LogP contribution in [0.2, 0.25) is 5.02 Å².